The Morgan fingerprint density at radius 1 is 1.36 bits per heavy atom. The number of hydrogen-bond acceptors (Lipinski definition) is 1. The van der Waals surface area contributed by atoms with Crippen molar-refractivity contribution in [3.05, 3.63) is 88.5 Å². The van der Waals surface area contributed by atoms with Crippen LogP contribution >= 0.6 is 0 Å². The van der Waals surface area contributed by atoms with Gasteiger partial charge in [-0.25, -0.2) is 0 Å². The first-order chi connectivity index (χ1) is 12.0. The molecule has 0 N–H and O–H groups in total. The van der Waals surface area contributed by atoms with E-state index in [1.165, 1.54) is 16.7 Å². The summed E-state index contributed by atoms with van der Waals surface area (Å²) in [4.78, 5) is 2.01. The molecule has 0 spiro atoms. The van der Waals surface area contributed by atoms with Crippen molar-refractivity contribution in [3.63, 3.8) is 0 Å². The van der Waals surface area contributed by atoms with Gasteiger partial charge in [-0.3, -0.25) is 0 Å². The van der Waals surface area contributed by atoms with Gasteiger partial charge in [0.05, 0.1) is 5.92 Å². The Morgan fingerprint density at radius 3 is 2.80 bits per heavy atom. The van der Waals surface area contributed by atoms with Gasteiger partial charge in [-0.2, -0.15) is 0 Å². The molecule has 0 fully saturated rings. The fourth-order valence-corrected chi connectivity index (χ4v) is 2.73. The van der Waals surface area contributed by atoms with Crippen molar-refractivity contribution in [2.75, 3.05) is 7.05 Å². The van der Waals surface area contributed by atoms with Crippen molar-refractivity contribution in [1.82, 2.24) is 4.90 Å². The van der Waals surface area contributed by atoms with Gasteiger partial charge in [0.25, 0.3) is 0 Å². The van der Waals surface area contributed by atoms with Crippen LogP contribution in [0.3, 0.4) is 0 Å². The molecule has 128 valence electrons. The van der Waals surface area contributed by atoms with Crippen LogP contribution in [0.5, 0.6) is 0 Å². The molecule has 0 aromatic heterocycles. The van der Waals surface area contributed by atoms with Crippen LogP contribution in [0, 0.1) is 17.8 Å². The minimum atomic E-state index is 0.0194. The van der Waals surface area contributed by atoms with Crippen LogP contribution < -0.4 is 0 Å². The lowest BCUT2D eigenvalue weighted by Gasteiger charge is -2.26. The molecule has 1 aliphatic heterocycles. The predicted molar refractivity (Wildman–Crippen MR) is 109 cm³/mol. The van der Waals surface area contributed by atoms with Crippen molar-refractivity contribution < 1.29 is 0 Å². The smallest absolute Gasteiger partial charge is 0.0716 e. The minimum absolute atomic E-state index is 0.0194. The Bertz CT molecular complexity index is 834. The zero-order valence-corrected chi connectivity index (χ0v) is 16.0. The Morgan fingerprint density at radius 2 is 2.12 bits per heavy atom. The van der Waals surface area contributed by atoms with E-state index in [2.05, 4.69) is 74.5 Å². The van der Waals surface area contributed by atoms with Gasteiger partial charge in [0.15, 0.2) is 0 Å². The number of hydrogen-bond donors (Lipinski definition) is 0. The first-order valence-electron chi connectivity index (χ1n) is 8.70. The second-order valence-corrected chi connectivity index (χ2v) is 6.41. The minimum Gasteiger partial charge on any atom is -0.344 e. The van der Waals surface area contributed by atoms with Crippen LogP contribution in [0.2, 0.25) is 0 Å². The largest absolute Gasteiger partial charge is 0.344 e. The molecule has 25 heavy (non-hydrogen) atoms. The van der Waals surface area contributed by atoms with Gasteiger partial charge < -0.3 is 4.90 Å². The first-order valence-corrected chi connectivity index (χ1v) is 8.70. The SMILES string of the molecule is C=C1/C(=C\C(C)=C/C)C(C2C#CC/C(C)=C(/C=C\C)C=C2)=C=CN1C. The summed E-state index contributed by atoms with van der Waals surface area (Å²) < 4.78 is 0. The van der Waals surface area contributed by atoms with E-state index in [0.29, 0.717) is 0 Å². The summed E-state index contributed by atoms with van der Waals surface area (Å²) in [5, 5.41) is 0. The molecule has 0 aromatic rings. The van der Waals surface area contributed by atoms with Crippen molar-refractivity contribution >= 4 is 0 Å². The summed E-state index contributed by atoms with van der Waals surface area (Å²) in [5.41, 5.74) is 10.4. The molecule has 2 aliphatic rings. The molecule has 1 unspecified atom stereocenters. The third kappa shape index (κ3) is 4.44. The lowest BCUT2D eigenvalue weighted by Crippen LogP contribution is -2.18. The van der Waals surface area contributed by atoms with E-state index in [4.69, 9.17) is 0 Å². The van der Waals surface area contributed by atoms with Crippen molar-refractivity contribution in [3.8, 4) is 11.8 Å². The third-order valence-electron chi connectivity index (χ3n) is 4.50. The normalized spacial score (nSPS) is 25.8. The second kappa shape index (κ2) is 8.43. The van der Waals surface area contributed by atoms with Crippen LogP contribution in [-0.4, -0.2) is 11.9 Å². The molecule has 1 atom stereocenters. The van der Waals surface area contributed by atoms with E-state index in [1.807, 2.05) is 32.0 Å². The zero-order valence-electron chi connectivity index (χ0n) is 16.0. The fourth-order valence-electron chi connectivity index (χ4n) is 2.73. The molecule has 0 bridgehead atoms. The average Bonchev–Trinajstić information content (AvgIpc) is 2.59. The lowest BCUT2D eigenvalue weighted by molar-refractivity contribution is 0.574. The topological polar surface area (TPSA) is 3.24 Å². The molecular formula is C24H27N. The predicted octanol–water partition coefficient (Wildman–Crippen LogP) is 5.85. The van der Waals surface area contributed by atoms with Crippen molar-refractivity contribution in [1.29, 1.82) is 0 Å². The molecule has 0 saturated heterocycles. The van der Waals surface area contributed by atoms with E-state index < -0.39 is 0 Å². The highest BCUT2D eigenvalue weighted by molar-refractivity contribution is 5.55. The Balaban J connectivity index is 2.52. The maximum atomic E-state index is 4.25. The zero-order chi connectivity index (χ0) is 18.4. The summed E-state index contributed by atoms with van der Waals surface area (Å²) in [7, 11) is 2.00. The Hall–Kier alpha value is -2.68. The number of likely N-dealkylation sites (N-methyl/N-ethyl adjacent to an activating group) is 1. The van der Waals surface area contributed by atoms with E-state index in [-0.39, 0.29) is 5.92 Å². The van der Waals surface area contributed by atoms with Gasteiger partial charge in [0.1, 0.15) is 0 Å². The number of nitrogens with zero attached hydrogens (tertiary/aromatic N) is 1. The summed E-state index contributed by atoms with van der Waals surface area (Å²) in [6.45, 7) is 12.6. The van der Waals surface area contributed by atoms with Gasteiger partial charge in [-0.05, 0) is 39.3 Å². The molecule has 1 heterocycles. The van der Waals surface area contributed by atoms with Gasteiger partial charge in [0.2, 0.25) is 0 Å². The van der Waals surface area contributed by atoms with Gasteiger partial charge in [-0.1, -0.05) is 65.7 Å². The molecule has 2 rings (SSSR count). The summed E-state index contributed by atoms with van der Waals surface area (Å²) in [6, 6.07) is 0. The average molecular weight is 329 g/mol. The molecule has 1 nitrogen and oxygen atoms in total. The third-order valence-corrected chi connectivity index (χ3v) is 4.50. The number of allylic oxidation sites excluding steroid dienone is 10. The van der Waals surface area contributed by atoms with Gasteiger partial charge >= 0.3 is 0 Å². The molecule has 1 aliphatic carbocycles. The summed E-state index contributed by atoms with van der Waals surface area (Å²) in [6.07, 6.45) is 15.6. The Kier molecular flexibility index (Phi) is 6.29. The summed E-state index contributed by atoms with van der Waals surface area (Å²) in [5.74, 6) is 6.76. The standard InChI is InChI=1S/C24H27N/c1-7-10-21-13-14-22(12-9-11-19(21)4)23-15-16-25(6)20(5)24(23)17-18(3)8-2/h7-8,10,13-14,16-17,22H,5,11H2,1-4,6H3/b10-7-,14-13?,18-8-,21-19-,24-17+. The highest BCUT2D eigenvalue weighted by atomic mass is 15.1. The first kappa shape index (κ1) is 18.7. The lowest BCUT2D eigenvalue weighted by atomic mass is 9.87. The van der Waals surface area contributed by atoms with Crippen LogP contribution in [0.15, 0.2) is 88.5 Å². The monoisotopic (exact) mass is 329 g/mol. The highest BCUT2D eigenvalue weighted by Crippen LogP contribution is 2.32. The molecule has 0 aromatic carbocycles. The van der Waals surface area contributed by atoms with Crippen LogP contribution in [0.25, 0.3) is 0 Å². The molecule has 0 amide bonds. The maximum absolute atomic E-state index is 4.25. The van der Waals surface area contributed by atoms with Crippen molar-refractivity contribution in [2.24, 2.45) is 5.92 Å². The molecule has 0 saturated carbocycles. The van der Waals surface area contributed by atoms with Crippen molar-refractivity contribution in [2.45, 2.75) is 34.1 Å². The van der Waals surface area contributed by atoms with E-state index in [1.54, 1.807) is 0 Å². The maximum Gasteiger partial charge on any atom is 0.0716 e. The van der Waals surface area contributed by atoms with E-state index in [9.17, 15) is 0 Å². The fraction of sp³-hybridized carbons (Fsp3) is 0.292. The Labute approximate surface area is 152 Å². The van der Waals surface area contributed by atoms with Gasteiger partial charge in [-0.15, -0.1) is 0 Å². The summed E-state index contributed by atoms with van der Waals surface area (Å²) >= 11 is 0. The van der Waals surface area contributed by atoms with E-state index in [0.717, 1.165) is 23.3 Å². The van der Waals surface area contributed by atoms with Crippen LogP contribution in [-0.2, 0) is 0 Å². The van der Waals surface area contributed by atoms with E-state index >= 15 is 0 Å². The van der Waals surface area contributed by atoms with Crippen LogP contribution in [0.4, 0.5) is 0 Å². The molecule has 0 radical (unpaired) electrons. The molecular weight excluding hydrogens is 302 g/mol. The number of rotatable bonds is 3. The molecule has 1 heteroatoms. The second-order valence-electron chi connectivity index (χ2n) is 6.41. The highest BCUT2D eigenvalue weighted by Gasteiger charge is 2.21. The van der Waals surface area contributed by atoms with Crippen LogP contribution in [0.1, 0.15) is 34.1 Å². The van der Waals surface area contributed by atoms with Gasteiger partial charge in [0, 0.05) is 36.5 Å². The quantitative estimate of drug-likeness (QED) is 0.464.